The molecule has 0 aromatic carbocycles. The zero-order valence-electron chi connectivity index (χ0n) is 11.8. The molecule has 4 heteroatoms. The summed E-state index contributed by atoms with van der Waals surface area (Å²) in [6, 6.07) is 3.53. The predicted octanol–water partition coefficient (Wildman–Crippen LogP) is 3.42. The Labute approximate surface area is 120 Å². The molecule has 0 saturated carbocycles. The number of carbonyl (C=O) groups excluding carboxylic acids is 1. The van der Waals surface area contributed by atoms with Crippen LogP contribution in [-0.2, 0) is 6.42 Å². The van der Waals surface area contributed by atoms with Gasteiger partial charge in [-0.25, -0.2) is 4.98 Å². The predicted molar refractivity (Wildman–Crippen MR) is 77.5 cm³/mol. The Bertz CT molecular complexity index is 475. The normalized spacial score (nSPS) is 23.5. The lowest BCUT2D eigenvalue weighted by atomic mass is 9.88. The van der Waals surface area contributed by atoms with Gasteiger partial charge in [0.15, 0.2) is 0 Å². The number of piperidine rings is 1. The summed E-state index contributed by atoms with van der Waals surface area (Å²) in [5, 5.41) is 0.404. The molecule has 0 N–H and O–H groups in total. The first-order chi connectivity index (χ1) is 9.01. The van der Waals surface area contributed by atoms with E-state index in [2.05, 4.69) is 18.8 Å². The fourth-order valence-corrected chi connectivity index (χ4v) is 2.71. The average Bonchev–Trinajstić information content (AvgIpc) is 2.40. The molecule has 0 radical (unpaired) electrons. The first kappa shape index (κ1) is 14.3. The number of aromatic nitrogens is 1. The van der Waals surface area contributed by atoms with Gasteiger partial charge in [-0.05, 0) is 36.8 Å². The van der Waals surface area contributed by atoms with E-state index in [1.165, 1.54) is 0 Å². The SMILES string of the molecule is CCc1cc(C(=O)N2CCC(C)C(C)C2)cc(Cl)n1. The molecule has 2 heterocycles. The van der Waals surface area contributed by atoms with Gasteiger partial charge in [-0.1, -0.05) is 32.4 Å². The van der Waals surface area contributed by atoms with Crippen molar-refractivity contribution in [3.8, 4) is 0 Å². The van der Waals surface area contributed by atoms with Crippen LogP contribution >= 0.6 is 11.6 Å². The minimum atomic E-state index is 0.0813. The molecule has 1 aliphatic rings. The van der Waals surface area contributed by atoms with E-state index in [-0.39, 0.29) is 5.91 Å². The van der Waals surface area contributed by atoms with Gasteiger partial charge in [0.25, 0.3) is 5.91 Å². The minimum absolute atomic E-state index is 0.0813. The molecule has 1 fully saturated rings. The van der Waals surface area contributed by atoms with Gasteiger partial charge in [-0.2, -0.15) is 0 Å². The molecule has 0 bridgehead atoms. The molecule has 1 aromatic rings. The number of hydrogen-bond donors (Lipinski definition) is 0. The lowest BCUT2D eigenvalue weighted by Gasteiger charge is -2.35. The summed E-state index contributed by atoms with van der Waals surface area (Å²) in [6.07, 6.45) is 1.86. The number of likely N-dealkylation sites (tertiary alicyclic amines) is 1. The van der Waals surface area contributed by atoms with E-state index in [1.54, 1.807) is 6.07 Å². The van der Waals surface area contributed by atoms with Gasteiger partial charge >= 0.3 is 0 Å². The van der Waals surface area contributed by atoms with Gasteiger partial charge < -0.3 is 4.90 Å². The maximum absolute atomic E-state index is 12.5. The molecule has 1 aromatic heterocycles. The molecular formula is C15H21ClN2O. The number of carbonyl (C=O) groups is 1. The molecule has 19 heavy (non-hydrogen) atoms. The van der Waals surface area contributed by atoms with E-state index in [9.17, 15) is 4.79 Å². The molecule has 2 atom stereocenters. The number of pyridine rings is 1. The van der Waals surface area contributed by atoms with Gasteiger partial charge in [0, 0.05) is 24.3 Å². The molecule has 0 aliphatic carbocycles. The molecule has 2 rings (SSSR count). The largest absolute Gasteiger partial charge is 0.338 e. The van der Waals surface area contributed by atoms with Crippen molar-refractivity contribution in [2.24, 2.45) is 11.8 Å². The number of hydrogen-bond acceptors (Lipinski definition) is 2. The van der Waals surface area contributed by atoms with Crippen molar-refractivity contribution in [1.29, 1.82) is 0 Å². The van der Waals surface area contributed by atoms with Gasteiger partial charge in [-0.3, -0.25) is 4.79 Å². The molecule has 1 amide bonds. The van der Waals surface area contributed by atoms with Crippen molar-refractivity contribution >= 4 is 17.5 Å². The van der Waals surface area contributed by atoms with Gasteiger partial charge in [0.05, 0.1) is 0 Å². The van der Waals surface area contributed by atoms with Crippen molar-refractivity contribution in [2.75, 3.05) is 13.1 Å². The summed E-state index contributed by atoms with van der Waals surface area (Å²) in [6.45, 7) is 8.15. The van der Waals surface area contributed by atoms with Crippen LogP contribution in [0.3, 0.4) is 0 Å². The highest BCUT2D eigenvalue weighted by Crippen LogP contribution is 2.24. The van der Waals surface area contributed by atoms with Gasteiger partial charge in [0.2, 0.25) is 0 Å². The first-order valence-corrected chi connectivity index (χ1v) is 7.34. The molecule has 1 saturated heterocycles. The average molecular weight is 281 g/mol. The Morgan fingerprint density at radius 2 is 2.16 bits per heavy atom. The Morgan fingerprint density at radius 1 is 1.42 bits per heavy atom. The summed E-state index contributed by atoms with van der Waals surface area (Å²) in [5.74, 6) is 1.33. The van der Waals surface area contributed by atoms with E-state index >= 15 is 0 Å². The molecule has 3 nitrogen and oxygen atoms in total. The van der Waals surface area contributed by atoms with E-state index < -0.39 is 0 Å². The number of halogens is 1. The van der Waals surface area contributed by atoms with Crippen LogP contribution in [0.1, 0.15) is 43.2 Å². The summed E-state index contributed by atoms with van der Waals surface area (Å²) in [7, 11) is 0. The number of amides is 1. The maximum atomic E-state index is 12.5. The lowest BCUT2D eigenvalue weighted by Crippen LogP contribution is -2.42. The van der Waals surface area contributed by atoms with Crippen LogP contribution in [0.4, 0.5) is 0 Å². The molecular weight excluding hydrogens is 260 g/mol. The Morgan fingerprint density at radius 3 is 2.79 bits per heavy atom. The second-order valence-electron chi connectivity index (χ2n) is 5.52. The Hall–Kier alpha value is -1.09. The highest BCUT2D eigenvalue weighted by Gasteiger charge is 2.26. The van der Waals surface area contributed by atoms with Crippen LogP contribution in [0.25, 0.3) is 0 Å². The van der Waals surface area contributed by atoms with Crippen LogP contribution in [0, 0.1) is 11.8 Å². The fraction of sp³-hybridized carbons (Fsp3) is 0.600. The molecule has 2 unspecified atom stereocenters. The zero-order chi connectivity index (χ0) is 14.0. The summed E-state index contributed by atoms with van der Waals surface area (Å²) >= 11 is 5.98. The monoisotopic (exact) mass is 280 g/mol. The van der Waals surface area contributed by atoms with E-state index in [1.807, 2.05) is 17.9 Å². The van der Waals surface area contributed by atoms with Crippen molar-refractivity contribution in [3.05, 3.63) is 28.5 Å². The van der Waals surface area contributed by atoms with Crippen LogP contribution in [0.15, 0.2) is 12.1 Å². The Kier molecular flexibility index (Phi) is 4.46. The molecule has 0 spiro atoms. The standard InChI is InChI=1S/C15H21ClN2O/c1-4-13-7-12(8-14(16)17-13)15(19)18-6-5-10(2)11(3)9-18/h7-8,10-11H,4-6,9H2,1-3H3. The van der Waals surface area contributed by atoms with Crippen molar-refractivity contribution < 1.29 is 4.79 Å². The Balaban J connectivity index is 2.17. The highest BCUT2D eigenvalue weighted by molar-refractivity contribution is 6.29. The highest BCUT2D eigenvalue weighted by atomic mass is 35.5. The third-order valence-corrected chi connectivity index (χ3v) is 4.27. The molecule has 104 valence electrons. The first-order valence-electron chi connectivity index (χ1n) is 6.97. The van der Waals surface area contributed by atoms with Crippen LogP contribution in [0.5, 0.6) is 0 Å². The summed E-state index contributed by atoms with van der Waals surface area (Å²) < 4.78 is 0. The third-order valence-electron chi connectivity index (χ3n) is 4.08. The zero-order valence-corrected chi connectivity index (χ0v) is 12.6. The van der Waals surface area contributed by atoms with Crippen molar-refractivity contribution in [3.63, 3.8) is 0 Å². The topological polar surface area (TPSA) is 33.2 Å². The second kappa shape index (κ2) is 5.91. The molecule has 1 aliphatic heterocycles. The third kappa shape index (κ3) is 3.27. The maximum Gasteiger partial charge on any atom is 0.254 e. The van der Waals surface area contributed by atoms with E-state index in [4.69, 9.17) is 11.6 Å². The fourth-order valence-electron chi connectivity index (χ4n) is 2.49. The summed E-state index contributed by atoms with van der Waals surface area (Å²) in [4.78, 5) is 18.7. The van der Waals surface area contributed by atoms with Crippen molar-refractivity contribution in [1.82, 2.24) is 9.88 Å². The smallest absolute Gasteiger partial charge is 0.254 e. The van der Waals surface area contributed by atoms with Crippen molar-refractivity contribution in [2.45, 2.75) is 33.6 Å². The number of nitrogens with zero attached hydrogens (tertiary/aromatic N) is 2. The number of rotatable bonds is 2. The van der Waals surface area contributed by atoms with Crippen LogP contribution in [0.2, 0.25) is 5.15 Å². The summed E-state index contributed by atoms with van der Waals surface area (Å²) in [5.41, 5.74) is 1.54. The lowest BCUT2D eigenvalue weighted by molar-refractivity contribution is 0.0627. The van der Waals surface area contributed by atoms with Crippen LogP contribution < -0.4 is 0 Å². The van der Waals surface area contributed by atoms with E-state index in [0.29, 0.717) is 22.6 Å². The number of aryl methyl sites for hydroxylation is 1. The minimum Gasteiger partial charge on any atom is -0.338 e. The van der Waals surface area contributed by atoms with Gasteiger partial charge in [0.1, 0.15) is 5.15 Å². The van der Waals surface area contributed by atoms with E-state index in [0.717, 1.165) is 31.6 Å². The second-order valence-corrected chi connectivity index (χ2v) is 5.91. The van der Waals surface area contributed by atoms with Crippen LogP contribution in [-0.4, -0.2) is 28.9 Å². The van der Waals surface area contributed by atoms with Gasteiger partial charge in [-0.15, -0.1) is 0 Å². The quantitative estimate of drug-likeness (QED) is 0.778.